The summed E-state index contributed by atoms with van der Waals surface area (Å²) in [6.45, 7) is 2.97. The van der Waals surface area contributed by atoms with Gasteiger partial charge in [-0.05, 0) is 44.6 Å². The van der Waals surface area contributed by atoms with Gasteiger partial charge in [-0.25, -0.2) is 4.79 Å². The zero-order valence-electron chi connectivity index (χ0n) is 23.9. The molecule has 0 bridgehead atoms. The van der Waals surface area contributed by atoms with E-state index in [-0.39, 0.29) is 19.0 Å². The molecule has 226 valence electrons. The highest BCUT2D eigenvalue weighted by atomic mass is 31.2. The summed E-state index contributed by atoms with van der Waals surface area (Å²) in [4.78, 5) is 25.3. The third kappa shape index (κ3) is 20.0. The number of allylic oxidation sites excluding steroid dienone is 2. The van der Waals surface area contributed by atoms with Crippen molar-refractivity contribution in [1.29, 1.82) is 0 Å². The molecule has 0 aliphatic heterocycles. The van der Waals surface area contributed by atoms with E-state index in [0.29, 0.717) is 19.6 Å². The number of nitrogen functional groups attached to an aromatic ring is 1. The van der Waals surface area contributed by atoms with Crippen LogP contribution >= 0.6 is 7.60 Å². The molecule has 2 atom stereocenters. The highest BCUT2D eigenvalue weighted by Crippen LogP contribution is 2.42. The molecule has 1 heterocycles. The number of ether oxygens (including phenoxy) is 2. The fourth-order valence-corrected chi connectivity index (χ4v) is 4.83. The van der Waals surface area contributed by atoms with Crippen molar-refractivity contribution >= 4 is 13.4 Å². The Balaban J connectivity index is 1.95. The minimum Gasteiger partial charge on any atom is -0.394 e. The largest absolute Gasteiger partial charge is 0.394 e. The van der Waals surface area contributed by atoms with Gasteiger partial charge in [0.05, 0.1) is 25.9 Å². The number of aliphatic hydroxyl groups excluding tert-OH is 1. The van der Waals surface area contributed by atoms with E-state index >= 15 is 0 Å². The molecular weight excluding hydrogens is 521 g/mol. The normalized spacial score (nSPS) is 14.1. The van der Waals surface area contributed by atoms with E-state index in [0.717, 1.165) is 12.8 Å². The minimum absolute atomic E-state index is 0.0349. The molecule has 1 aromatic rings. The number of unbranched alkanes of at least 4 members (excludes halogenated alkanes) is 11. The molecule has 0 saturated heterocycles. The minimum atomic E-state index is -3.99. The van der Waals surface area contributed by atoms with Crippen LogP contribution in [0.2, 0.25) is 0 Å². The van der Waals surface area contributed by atoms with Crippen molar-refractivity contribution in [2.45, 2.75) is 109 Å². The average molecular weight is 574 g/mol. The first-order valence-electron chi connectivity index (χ1n) is 14.6. The summed E-state index contributed by atoms with van der Waals surface area (Å²) in [6.07, 6.45) is 21.5. The first kappa shape index (κ1) is 35.5. The second-order valence-corrected chi connectivity index (χ2v) is 11.7. The molecule has 0 spiro atoms. The van der Waals surface area contributed by atoms with E-state index in [2.05, 4.69) is 24.1 Å². The van der Waals surface area contributed by atoms with Crippen LogP contribution in [-0.2, 0) is 25.1 Å². The Morgan fingerprint density at radius 1 is 0.974 bits per heavy atom. The fourth-order valence-electron chi connectivity index (χ4n) is 3.95. The van der Waals surface area contributed by atoms with E-state index in [9.17, 15) is 19.4 Å². The zero-order chi connectivity index (χ0) is 28.6. The number of anilines is 1. The Bertz CT molecular complexity index is 866. The smallest absolute Gasteiger partial charge is 0.353 e. The lowest BCUT2D eigenvalue weighted by molar-refractivity contribution is 0.0162. The van der Waals surface area contributed by atoms with Crippen LogP contribution in [0.1, 0.15) is 96.8 Å². The van der Waals surface area contributed by atoms with Gasteiger partial charge < -0.3 is 29.7 Å². The van der Waals surface area contributed by atoms with Crippen molar-refractivity contribution in [3.8, 4) is 0 Å². The van der Waals surface area contributed by atoms with E-state index in [1.54, 1.807) is 0 Å². The van der Waals surface area contributed by atoms with Crippen LogP contribution in [0.5, 0.6) is 0 Å². The van der Waals surface area contributed by atoms with Crippen molar-refractivity contribution in [2.24, 2.45) is 0 Å². The summed E-state index contributed by atoms with van der Waals surface area (Å²) in [5.74, 6) is 0.0858. The summed E-state index contributed by atoms with van der Waals surface area (Å²) in [5.41, 5.74) is 4.85. The van der Waals surface area contributed by atoms with Crippen LogP contribution in [0.15, 0.2) is 29.2 Å². The van der Waals surface area contributed by atoms with Crippen molar-refractivity contribution in [3.05, 3.63) is 34.9 Å². The highest BCUT2D eigenvalue weighted by molar-refractivity contribution is 7.52. The molecule has 0 radical (unpaired) electrons. The summed E-state index contributed by atoms with van der Waals surface area (Å²) in [6, 6.07) is 1.44. The van der Waals surface area contributed by atoms with Gasteiger partial charge in [-0.2, -0.15) is 4.98 Å². The van der Waals surface area contributed by atoms with Gasteiger partial charge in [-0.1, -0.05) is 70.4 Å². The van der Waals surface area contributed by atoms with Gasteiger partial charge in [-0.15, -0.1) is 0 Å². The number of aliphatic hydroxyl groups is 1. The number of hydrogen-bond donors (Lipinski definition) is 3. The van der Waals surface area contributed by atoms with Crippen LogP contribution in [0, 0.1) is 0 Å². The Kier molecular flexibility index (Phi) is 21.1. The van der Waals surface area contributed by atoms with E-state index < -0.39 is 32.3 Å². The zero-order valence-corrected chi connectivity index (χ0v) is 24.8. The number of rotatable bonds is 26. The summed E-state index contributed by atoms with van der Waals surface area (Å²) in [7, 11) is -3.99. The van der Waals surface area contributed by atoms with Crippen molar-refractivity contribution < 1.29 is 28.6 Å². The Morgan fingerprint density at radius 3 is 2.23 bits per heavy atom. The second kappa shape index (κ2) is 23.2. The topological polar surface area (TPSA) is 146 Å². The van der Waals surface area contributed by atoms with Gasteiger partial charge in [-0.3, -0.25) is 9.13 Å². The van der Waals surface area contributed by atoms with Gasteiger partial charge in [0.1, 0.15) is 12.2 Å². The monoisotopic (exact) mass is 573 g/mol. The molecule has 10 nitrogen and oxygen atoms in total. The summed E-state index contributed by atoms with van der Waals surface area (Å²) in [5, 5.41) is 9.46. The Hall–Kier alpha value is -1.55. The van der Waals surface area contributed by atoms with Gasteiger partial charge in [0.2, 0.25) is 0 Å². The SMILES string of the molecule is CCCCCCCC/C=C\CCCCCCCOCCCOP(=O)(O)CO[C@H](CO)Cn1ccc(N)nc1=O. The molecule has 0 aliphatic carbocycles. The van der Waals surface area contributed by atoms with Crippen molar-refractivity contribution in [2.75, 3.05) is 38.5 Å². The van der Waals surface area contributed by atoms with Gasteiger partial charge in [0, 0.05) is 19.4 Å². The van der Waals surface area contributed by atoms with Crippen LogP contribution in [-0.4, -0.2) is 58.4 Å². The lowest BCUT2D eigenvalue weighted by atomic mass is 10.1. The maximum atomic E-state index is 12.2. The van der Waals surface area contributed by atoms with Crippen molar-refractivity contribution in [3.63, 3.8) is 0 Å². The van der Waals surface area contributed by atoms with Gasteiger partial charge >= 0.3 is 13.3 Å². The summed E-state index contributed by atoms with van der Waals surface area (Å²) < 4.78 is 29.3. The average Bonchev–Trinajstić information content (AvgIpc) is 2.91. The standard InChI is InChI=1S/C28H52N3O7P/c1-2-3-4-5-6-7-8-9-10-11-12-13-14-15-16-20-36-21-17-22-38-39(34,35)25-37-26(24-32)23-31-19-18-27(29)30-28(31)33/h9-10,18-19,26,32H,2-8,11-17,20-25H2,1H3,(H,34,35)(H2,29,30,33)/b10-9-/t26-/m0/s1. The fraction of sp³-hybridized carbons (Fsp3) is 0.786. The lowest BCUT2D eigenvalue weighted by Crippen LogP contribution is -2.32. The number of nitrogens with two attached hydrogens (primary N) is 1. The Labute approximate surface area is 234 Å². The van der Waals surface area contributed by atoms with E-state index in [1.165, 1.54) is 87.5 Å². The maximum Gasteiger partial charge on any atom is 0.353 e. The van der Waals surface area contributed by atoms with Crippen LogP contribution in [0.4, 0.5) is 5.82 Å². The predicted molar refractivity (Wildman–Crippen MR) is 156 cm³/mol. The highest BCUT2D eigenvalue weighted by Gasteiger charge is 2.22. The van der Waals surface area contributed by atoms with Crippen molar-refractivity contribution in [1.82, 2.24) is 9.55 Å². The molecule has 39 heavy (non-hydrogen) atoms. The molecule has 1 rings (SSSR count). The molecule has 1 aromatic heterocycles. The van der Waals surface area contributed by atoms with E-state index in [4.69, 9.17) is 19.7 Å². The third-order valence-corrected chi connectivity index (χ3v) is 7.31. The van der Waals surface area contributed by atoms with Crippen LogP contribution < -0.4 is 11.4 Å². The first-order chi connectivity index (χ1) is 18.9. The second-order valence-electron chi connectivity index (χ2n) is 9.91. The Morgan fingerprint density at radius 2 is 1.59 bits per heavy atom. The van der Waals surface area contributed by atoms with Crippen LogP contribution in [0.25, 0.3) is 0 Å². The number of aromatic nitrogens is 2. The number of nitrogens with zero attached hydrogens (tertiary/aromatic N) is 2. The molecule has 0 saturated carbocycles. The molecule has 0 aliphatic rings. The van der Waals surface area contributed by atoms with Gasteiger partial charge in [0.25, 0.3) is 0 Å². The first-order valence-corrected chi connectivity index (χ1v) is 16.4. The lowest BCUT2D eigenvalue weighted by Gasteiger charge is -2.19. The molecule has 1 unspecified atom stereocenters. The molecule has 11 heteroatoms. The molecule has 0 aromatic carbocycles. The number of hydrogen-bond acceptors (Lipinski definition) is 8. The molecular formula is C28H52N3O7P. The summed E-state index contributed by atoms with van der Waals surface area (Å²) >= 11 is 0. The maximum absolute atomic E-state index is 12.2. The third-order valence-electron chi connectivity index (χ3n) is 6.25. The quantitative estimate of drug-likeness (QED) is 0.0751. The predicted octanol–water partition coefficient (Wildman–Crippen LogP) is 5.42. The molecule has 0 fully saturated rings. The van der Waals surface area contributed by atoms with Gasteiger partial charge in [0.15, 0.2) is 0 Å². The molecule has 4 N–H and O–H groups in total. The van der Waals surface area contributed by atoms with Crippen LogP contribution in [0.3, 0.4) is 0 Å². The molecule has 0 amide bonds. The van der Waals surface area contributed by atoms with E-state index in [1.807, 2.05) is 0 Å².